The van der Waals surface area contributed by atoms with Crippen LogP contribution >= 0.6 is 23.4 Å². The summed E-state index contributed by atoms with van der Waals surface area (Å²) in [6.07, 6.45) is -0.518. The lowest BCUT2D eigenvalue weighted by atomic mass is 10.1. The number of aliphatic hydroxyl groups is 1. The van der Waals surface area contributed by atoms with Crippen molar-refractivity contribution in [3.63, 3.8) is 0 Å². The van der Waals surface area contributed by atoms with Crippen LogP contribution in [0.15, 0.2) is 46.2 Å². The highest BCUT2D eigenvalue weighted by atomic mass is 35.5. The van der Waals surface area contributed by atoms with Gasteiger partial charge in [-0.1, -0.05) is 29.4 Å². The minimum atomic E-state index is -0.518. The van der Waals surface area contributed by atoms with Crippen LogP contribution in [-0.2, 0) is 0 Å². The van der Waals surface area contributed by atoms with Crippen molar-refractivity contribution in [2.24, 2.45) is 0 Å². The molecule has 1 heterocycles. The molecule has 1 atom stereocenters. The molecule has 1 aliphatic rings. The van der Waals surface area contributed by atoms with Crippen LogP contribution in [0.2, 0.25) is 5.02 Å². The van der Waals surface area contributed by atoms with Crippen molar-refractivity contribution >= 4 is 23.4 Å². The van der Waals surface area contributed by atoms with Crippen LogP contribution in [0.25, 0.3) is 0 Å². The van der Waals surface area contributed by atoms with Gasteiger partial charge in [0.1, 0.15) is 13.2 Å². The molecule has 2 aromatic carbocycles. The van der Waals surface area contributed by atoms with E-state index in [1.807, 2.05) is 30.3 Å². The van der Waals surface area contributed by atoms with Gasteiger partial charge in [0.15, 0.2) is 11.5 Å². The van der Waals surface area contributed by atoms with Gasteiger partial charge in [-0.15, -0.1) is 0 Å². The summed E-state index contributed by atoms with van der Waals surface area (Å²) < 4.78 is 11.1. The van der Waals surface area contributed by atoms with E-state index < -0.39 is 6.10 Å². The summed E-state index contributed by atoms with van der Waals surface area (Å²) in [4.78, 5) is 1.98. The predicted octanol–water partition coefficient (Wildman–Crippen LogP) is 4.32. The van der Waals surface area contributed by atoms with Gasteiger partial charge in [0.25, 0.3) is 0 Å². The van der Waals surface area contributed by atoms with Gasteiger partial charge in [0.2, 0.25) is 0 Å². The Hall–Kier alpha value is -1.36. The number of hydrogen-bond acceptors (Lipinski definition) is 4. The topological polar surface area (TPSA) is 38.7 Å². The number of rotatable bonds is 3. The molecule has 0 fully saturated rings. The maximum Gasteiger partial charge on any atom is 0.162 e. The van der Waals surface area contributed by atoms with Crippen LogP contribution < -0.4 is 9.47 Å². The first kappa shape index (κ1) is 14.6. The van der Waals surface area contributed by atoms with Gasteiger partial charge in [-0.2, -0.15) is 0 Å². The number of fused-ring (bicyclic) bond motifs is 1. The van der Waals surface area contributed by atoms with Crippen LogP contribution in [0.3, 0.4) is 0 Å². The van der Waals surface area contributed by atoms with Crippen LogP contribution in [0.4, 0.5) is 0 Å². The highest BCUT2D eigenvalue weighted by molar-refractivity contribution is 7.99. The average Bonchev–Trinajstić information content (AvgIpc) is 2.49. The summed E-state index contributed by atoms with van der Waals surface area (Å²) in [5.41, 5.74) is 0.812. The van der Waals surface area contributed by atoms with Crippen LogP contribution in [0.1, 0.15) is 18.6 Å². The largest absolute Gasteiger partial charge is 0.486 e. The third-order valence-corrected chi connectivity index (χ3v) is 4.67. The van der Waals surface area contributed by atoms with Crippen molar-refractivity contribution < 1.29 is 14.6 Å². The zero-order valence-corrected chi connectivity index (χ0v) is 13.1. The monoisotopic (exact) mass is 322 g/mol. The molecule has 0 spiro atoms. The highest BCUT2D eigenvalue weighted by Gasteiger charge is 2.13. The molecule has 0 saturated carbocycles. The molecule has 1 N–H and O–H groups in total. The maximum absolute atomic E-state index is 9.57. The Morgan fingerprint density at radius 1 is 1.10 bits per heavy atom. The van der Waals surface area contributed by atoms with Crippen LogP contribution in [0, 0.1) is 0 Å². The summed E-state index contributed by atoms with van der Waals surface area (Å²) in [7, 11) is 0. The quantitative estimate of drug-likeness (QED) is 0.913. The Labute approximate surface area is 132 Å². The number of hydrogen-bond donors (Lipinski definition) is 1. The number of halogens is 1. The summed E-state index contributed by atoms with van der Waals surface area (Å²) >= 11 is 7.84. The smallest absolute Gasteiger partial charge is 0.162 e. The van der Waals surface area contributed by atoms with Gasteiger partial charge in [-0.05, 0) is 42.8 Å². The van der Waals surface area contributed by atoms with Gasteiger partial charge in [0.05, 0.1) is 11.1 Å². The lowest BCUT2D eigenvalue weighted by molar-refractivity contribution is 0.171. The van der Waals surface area contributed by atoms with E-state index >= 15 is 0 Å². The molecule has 0 radical (unpaired) electrons. The fraction of sp³-hybridized carbons (Fsp3) is 0.250. The van der Waals surface area contributed by atoms with E-state index in [-0.39, 0.29) is 0 Å². The van der Waals surface area contributed by atoms with E-state index in [4.69, 9.17) is 21.1 Å². The molecule has 3 rings (SSSR count). The fourth-order valence-electron chi connectivity index (χ4n) is 2.07. The highest BCUT2D eigenvalue weighted by Crippen LogP contribution is 2.39. The zero-order valence-electron chi connectivity index (χ0n) is 11.5. The van der Waals surface area contributed by atoms with E-state index in [1.54, 1.807) is 24.8 Å². The molecule has 0 unspecified atom stereocenters. The van der Waals surface area contributed by atoms with Crippen LogP contribution in [0.5, 0.6) is 11.5 Å². The lowest BCUT2D eigenvalue weighted by Crippen LogP contribution is -2.15. The summed E-state index contributed by atoms with van der Waals surface area (Å²) in [5, 5.41) is 10.2. The SMILES string of the molecule is C[C@@H](O)c1ccc(Sc2ccc3c(c2)OCCO3)c(Cl)c1. The van der Waals surface area contributed by atoms with Gasteiger partial charge in [-0.3, -0.25) is 0 Å². The van der Waals surface area contributed by atoms with Gasteiger partial charge in [-0.25, -0.2) is 0 Å². The molecule has 5 heteroatoms. The second-order valence-corrected chi connectivity index (χ2v) is 6.30. The van der Waals surface area contributed by atoms with Crippen molar-refractivity contribution in [3.8, 4) is 11.5 Å². The standard InChI is InChI=1S/C16H15ClO3S/c1-10(18)11-2-5-16(13(17)8-11)21-12-3-4-14-15(9-12)20-7-6-19-14/h2-5,8-10,18H,6-7H2,1H3/t10-/m1/s1. The number of benzene rings is 2. The minimum absolute atomic E-state index is 0.518. The lowest BCUT2D eigenvalue weighted by Gasteiger charge is -2.18. The van der Waals surface area contributed by atoms with Crippen molar-refractivity contribution in [2.45, 2.75) is 22.8 Å². The third-order valence-electron chi connectivity index (χ3n) is 3.18. The maximum atomic E-state index is 9.57. The molecule has 0 bridgehead atoms. The van der Waals surface area contributed by atoms with Crippen molar-refractivity contribution in [1.82, 2.24) is 0 Å². The first-order chi connectivity index (χ1) is 10.1. The zero-order chi connectivity index (χ0) is 14.8. The second-order valence-electron chi connectivity index (χ2n) is 4.77. The van der Waals surface area contributed by atoms with Crippen molar-refractivity contribution in [3.05, 3.63) is 47.0 Å². The molecular weight excluding hydrogens is 308 g/mol. The van der Waals surface area contributed by atoms with E-state index in [0.29, 0.717) is 18.2 Å². The Morgan fingerprint density at radius 2 is 1.86 bits per heavy atom. The molecule has 0 aromatic heterocycles. The fourth-order valence-corrected chi connectivity index (χ4v) is 3.23. The number of aliphatic hydroxyl groups excluding tert-OH is 1. The molecule has 1 aliphatic heterocycles. The minimum Gasteiger partial charge on any atom is -0.486 e. The summed E-state index contributed by atoms with van der Waals surface area (Å²) in [5.74, 6) is 1.55. The van der Waals surface area contributed by atoms with E-state index in [9.17, 15) is 5.11 Å². The molecule has 3 nitrogen and oxygen atoms in total. The molecular formula is C16H15ClO3S. The van der Waals surface area contributed by atoms with Gasteiger partial charge >= 0.3 is 0 Å². The van der Waals surface area contributed by atoms with E-state index in [2.05, 4.69) is 0 Å². The first-order valence-electron chi connectivity index (χ1n) is 6.68. The predicted molar refractivity (Wildman–Crippen MR) is 83.6 cm³/mol. The summed E-state index contributed by atoms with van der Waals surface area (Å²) in [6, 6.07) is 11.5. The Morgan fingerprint density at radius 3 is 2.57 bits per heavy atom. The van der Waals surface area contributed by atoms with Gasteiger partial charge < -0.3 is 14.6 Å². The van der Waals surface area contributed by atoms with Gasteiger partial charge in [0, 0.05) is 9.79 Å². The van der Waals surface area contributed by atoms with E-state index in [1.165, 1.54) is 0 Å². The van der Waals surface area contributed by atoms with Crippen LogP contribution in [-0.4, -0.2) is 18.3 Å². The molecule has 2 aromatic rings. The van der Waals surface area contributed by atoms with Crippen molar-refractivity contribution in [1.29, 1.82) is 0 Å². The molecule has 0 amide bonds. The molecule has 0 saturated heterocycles. The Kier molecular flexibility index (Phi) is 4.29. The van der Waals surface area contributed by atoms with E-state index in [0.717, 1.165) is 26.9 Å². The molecule has 21 heavy (non-hydrogen) atoms. The average molecular weight is 323 g/mol. The number of ether oxygens (including phenoxy) is 2. The summed E-state index contributed by atoms with van der Waals surface area (Å²) in [6.45, 7) is 2.89. The Bertz CT molecular complexity index is 658. The molecule has 110 valence electrons. The van der Waals surface area contributed by atoms with Crippen molar-refractivity contribution in [2.75, 3.05) is 13.2 Å². The first-order valence-corrected chi connectivity index (χ1v) is 7.88. The normalized spacial score (nSPS) is 14.8. The second kappa shape index (κ2) is 6.18. The third kappa shape index (κ3) is 3.28. The molecule has 0 aliphatic carbocycles. The Balaban J connectivity index is 1.83.